The summed E-state index contributed by atoms with van der Waals surface area (Å²) < 4.78 is 99.3. The summed E-state index contributed by atoms with van der Waals surface area (Å²) in [6.45, 7) is 8.94. The topological polar surface area (TPSA) is 35.9 Å². The van der Waals surface area contributed by atoms with Crippen molar-refractivity contribution in [3.05, 3.63) is 224 Å². The standard InChI is InChI=1S/C60H46N4O.Pt/c1-41(60(2,3)4)45-34-35-61-58(37-45)64-54-33-30-46(42-18-8-5-9-19-42)36-53(54)52-32-31-49(39-57(52)64)65-48-25-16-24-47(38-48)62-40-63(56-29-15-14-28-55(56)62)59-50(43-20-10-6-11-21-43)26-17-27-51(59)44-22-12-7-13-23-44;/h5-37,41H,1-4H3;/q-2;/i6D,7D,10D,11D,12D,13D,20D,21D,22D,23D;. The van der Waals surface area contributed by atoms with Crippen LogP contribution in [0.4, 0.5) is 0 Å². The molecule has 0 fully saturated rings. The summed E-state index contributed by atoms with van der Waals surface area (Å²) in [7, 11) is 0. The first kappa shape index (κ1) is 32.3. The number of pyridine rings is 1. The monoisotopic (exact) mass is 1040 g/mol. The zero-order chi connectivity index (χ0) is 52.8. The Morgan fingerprint density at radius 2 is 1.30 bits per heavy atom. The van der Waals surface area contributed by atoms with Gasteiger partial charge in [0.2, 0.25) is 0 Å². The number of nitrogens with zero attached hydrogens (tertiary/aromatic N) is 4. The molecule has 0 aliphatic heterocycles. The molecule has 66 heavy (non-hydrogen) atoms. The van der Waals surface area contributed by atoms with Gasteiger partial charge in [0.1, 0.15) is 5.82 Å². The SMILES string of the molecule is [2H]c1c([2H])c([2H])c(-c2cccc(-c3c([2H])c([2H])c([2H])c([2H])c3[2H])c2-[n+]2[c-]n(-c3[c-]c(Oc4[c-]c5c(cc4)c4cc(-c6ccccc6)ccc4n5-c4cc(C(C)C(C)(C)C)ccn4)ccc3)c3ccccc32)c([2H])c1[2H].[Pt]. The molecule has 3 heterocycles. The number of rotatable bonds is 9. The van der Waals surface area contributed by atoms with Crippen LogP contribution in [0, 0.1) is 23.9 Å². The number of aromatic nitrogens is 4. The van der Waals surface area contributed by atoms with Crippen LogP contribution >= 0.6 is 0 Å². The van der Waals surface area contributed by atoms with E-state index >= 15 is 0 Å². The molecule has 11 rings (SSSR count). The molecular weight excluding hydrogens is 988 g/mol. The van der Waals surface area contributed by atoms with E-state index in [-0.39, 0.29) is 60.3 Å². The van der Waals surface area contributed by atoms with E-state index in [4.69, 9.17) is 23.4 Å². The predicted octanol–water partition coefficient (Wildman–Crippen LogP) is 14.7. The molecule has 0 saturated heterocycles. The fourth-order valence-corrected chi connectivity index (χ4v) is 8.46. The Morgan fingerprint density at radius 1 is 0.621 bits per heavy atom. The second kappa shape index (κ2) is 17.6. The van der Waals surface area contributed by atoms with Gasteiger partial charge in [0.25, 0.3) is 6.33 Å². The van der Waals surface area contributed by atoms with Crippen LogP contribution < -0.4 is 9.30 Å². The number of para-hydroxylation sites is 3. The molecule has 3 aromatic heterocycles. The van der Waals surface area contributed by atoms with Gasteiger partial charge in [-0.15, -0.1) is 29.7 Å². The first-order valence-corrected chi connectivity index (χ1v) is 21.4. The van der Waals surface area contributed by atoms with Gasteiger partial charge < -0.3 is 13.9 Å². The van der Waals surface area contributed by atoms with Crippen LogP contribution in [0.2, 0.25) is 0 Å². The summed E-state index contributed by atoms with van der Waals surface area (Å²) >= 11 is 0. The van der Waals surface area contributed by atoms with Crippen LogP contribution in [-0.4, -0.2) is 14.1 Å². The molecule has 0 N–H and O–H groups in total. The van der Waals surface area contributed by atoms with E-state index in [1.54, 1.807) is 33.4 Å². The van der Waals surface area contributed by atoms with Gasteiger partial charge in [0.05, 0.1) is 30.4 Å². The normalized spacial score (nSPS) is 14.2. The van der Waals surface area contributed by atoms with Gasteiger partial charge in [-0.1, -0.05) is 179 Å². The maximum atomic E-state index is 9.04. The van der Waals surface area contributed by atoms with Gasteiger partial charge in [0.15, 0.2) is 0 Å². The van der Waals surface area contributed by atoms with Crippen molar-refractivity contribution < 1.29 is 44.1 Å². The van der Waals surface area contributed by atoms with Gasteiger partial charge in [-0.25, -0.2) is 4.98 Å². The summed E-state index contributed by atoms with van der Waals surface area (Å²) in [5.74, 6) is 1.78. The third-order valence-electron chi connectivity index (χ3n) is 12.1. The number of ether oxygens (including phenoxy) is 1. The molecule has 8 aromatic carbocycles. The van der Waals surface area contributed by atoms with Crippen molar-refractivity contribution in [3.8, 4) is 62.1 Å². The third-order valence-corrected chi connectivity index (χ3v) is 12.1. The van der Waals surface area contributed by atoms with E-state index in [0.29, 0.717) is 28.2 Å². The second-order valence-corrected chi connectivity index (χ2v) is 17.0. The molecule has 11 aromatic rings. The first-order valence-electron chi connectivity index (χ1n) is 26.4. The molecule has 6 heteroatoms. The quantitative estimate of drug-likeness (QED) is 0.107. The number of imidazole rings is 1. The van der Waals surface area contributed by atoms with Gasteiger partial charge in [0, 0.05) is 44.3 Å². The first-order chi connectivity index (χ1) is 35.9. The van der Waals surface area contributed by atoms with Crippen LogP contribution in [0.1, 0.15) is 52.9 Å². The van der Waals surface area contributed by atoms with E-state index in [1.165, 1.54) is 5.56 Å². The minimum Gasteiger partial charge on any atom is -0.510 e. The minimum absolute atomic E-state index is 0. The molecule has 0 aliphatic carbocycles. The Kier molecular flexibility index (Phi) is 8.61. The average molecular weight is 1040 g/mol. The summed E-state index contributed by atoms with van der Waals surface area (Å²) in [4.78, 5) is 4.92. The van der Waals surface area contributed by atoms with E-state index < -0.39 is 60.4 Å². The number of benzene rings is 8. The Balaban J connectivity index is 0.00000657. The van der Waals surface area contributed by atoms with Crippen LogP contribution in [0.15, 0.2) is 200 Å². The smallest absolute Gasteiger partial charge is 0.268 e. The predicted molar refractivity (Wildman–Crippen MR) is 264 cm³/mol. The van der Waals surface area contributed by atoms with E-state index in [2.05, 4.69) is 93.2 Å². The van der Waals surface area contributed by atoms with Gasteiger partial charge in [-0.05, 0) is 79.5 Å². The molecule has 5 nitrogen and oxygen atoms in total. The molecule has 0 radical (unpaired) electrons. The van der Waals surface area contributed by atoms with E-state index in [1.807, 2.05) is 72.9 Å². The summed E-state index contributed by atoms with van der Waals surface area (Å²) in [5.41, 5.74) is 6.90. The fraction of sp³-hybridized carbons (Fsp3) is 0.100. The van der Waals surface area contributed by atoms with E-state index in [0.717, 1.165) is 38.8 Å². The Bertz CT molecular complexity index is 3990. The Morgan fingerprint density at radius 3 is 2.03 bits per heavy atom. The van der Waals surface area contributed by atoms with Crippen LogP contribution in [-0.2, 0) is 21.1 Å². The Hall–Kier alpha value is -7.33. The molecule has 0 saturated carbocycles. The van der Waals surface area contributed by atoms with Crippen molar-refractivity contribution in [2.45, 2.75) is 33.6 Å². The van der Waals surface area contributed by atoms with Crippen molar-refractivity contribution >= 4 is 32.8 Å². The van der Waals surface area contributed by atoms with Crippen LogP contribution in [0.3, 0.4) is 0 Å². The van der Waals surface area contributed by atoms with Crippen LogP contribution in [0.25, 0.3) is 83.4 Å². The fourth-order valence-electron chi connectivity index (χ4n) is 8.46. The number of hydrogen-bond donors (Lipinski definition) is 0. The maximum absolute atomic E-state index is 9.04. The number of hydrogen-bond acceptors (Lipinski definition) is 2. The molecule has 0 bridgehead atoms. The molecule has 0 amide bonds. The van der Waals surface area contributed by atoms with Crippen LogP contribution in [0.5, 0.6) is 11.5 Å². The van der Waals surface area contributed by atoms with Crippen molar-refractivity contribution in [1.82, 2.24) is 14.1 Å². The summed E-state index contributed by atoms with van der Waals surface area (Å²) in [6, 6.07) is 44.1. The van der Waals surface area contributed by atoms with Gasteiger partial charge in [-0.3, -0.25) is 4.57 Å². The maximum Gasteiger partial charge on any atom is 0.268 e. The summed E-state index contributed by atoms with van der Waals surface area (Å²) in [6.07, 6.45) is 5.28. The molecule has 1 unspecified atom stereocenters. The minimum atomic E-state index is -0.573. The van der Waals surface area contributed by atoms with Crippen molar-refractivity contribution in [3.63, 3.8) is 0 Å². The molecule has 1 atom stereocenters. The number of fused-ring (bicyclic) bond motifs is 4. The molecule has 0 aliphatic rings. The summed E-state index contributed by atoms with van der Waals surface area (Å²) in [5, 5.41) is 2.00. The molecule has 0 spiro atoms. The zero-order valence-electron chi connectivity index (χ0n) is 46.4. The van der Waals surface area contributed by atoms with E-state index in [9.17, 15) is 0 Å². The average Bonchev–Trinajstić information content (AvgIpc) is 3.96. The van der Waals surface area contributed by atoms with Crippen molar-refractivity contribution in [2.75, 3.05) is 0 Å². The third kappa shape index (κ3) is 7.84. The zero-order valence-corrected chi connectivity index (χ0v) is 38.6. The Labute approximate surface area is 414 Å². The van der Waals surface area contributed by atoms with Crippen molar-refractivity contribution in [1.29, 1.82) is 0 Å². The van der Waals surface area contributed by atoms with Crippen molar-refractivity contribution in [2.24, 2.45) is 5.41 Å². The molecule has 324 valence electrons. The second-order valence-electron chi connectivity index (χ2n) is 17.0. The van der Waals surface area contributed by atoms with Gasteiger partial charge in [-0.2, -0.15) is 18.2 Å². The molecular formula is C60H46N4OPt-2. The van der Waals surface area contributed by atoms with Gasteiger partial charge >= 0.3 is 0 Å². The largest absolute Gasteiger partial charge is 0.510 e.